The average Bonchev–Trinajstić information content (AvgIpc) is 3.55. The number of para-hydroxylation sites is 1. The van der Waals surface area contributed by atoms with Crippen LogP contribution in [0.2, 0.25) is 0 Å². The van der Waals surface area contributed by atoms with E-state index < -0.39 is 36.5 Å². The van der Waals surface area contributed by atoms with Crippen LogP contribution in [-0.4, -0.2) is 44.4 Å². The van der Waals surface area contributed by atoms with Gasteiger partial charge in [0.15, 0.2) is 17.2 Å². The first-order valence-electron chi connectivity index (χ1n) is 11.9. The number of aryl methyl sites for hydroxylation is 1. The van der Waals surface area contributed by atoms with Gasteiger partial charge in [-0.15, -0.1) is 5.10 Å². The van der Waals surface area contributed by atoms with E-state index in [1.165, 1.54) is 28.9 Å². The van der Waals surface area contributed by atoms with Gasteiger partial charge in [-0.1, -0.05) is 12.1 Å². The fourth-order valence-corrected chi connectivity index (χ4v) is 3.93. The summed E-state index contributed by atoms with van der Waals surface area (Å²) in [5, 5.41) is 20.0. The van der Waals surface area contributed by atoms with E-state index in [0.717, 1.165) is 18.9 Å². The molecule has 4 aromatic rings. The third-order valence-electron chi connectivity index (χ3n) is 6.00. The first-order valence-corrected chi connectivity index (χ1v) is 11.9. The molecule has 3 N–H and O–H groups in total. The maximum absolute atomic E-state index is 14.3. The Labute approximate surface area is 214 Å². The molecule has 5 rings (SSSR count). The summed E-state index contributed by atoms with van der Waals surface area (Å²) in [6, 6.07) is 10.3. The lowest BCUT2D eigenvalue weighted by Crippen LogP contribution is -2.26. The summed E-state index contributed by atoms with van der Waals surface area (Å²) < 4.78 is 59.4. The minimum absolute atomic E-state index is 0.163. The molecule has 1 amide bonds. The topological polar surface area (TPSA) is 101 Å². The Kier molecular flexibility index (Phi) is 6.55. The van der Waals surface area contributed by atoms with Crippen LogP contribution >= 0.6 is 0 Å². The summed E-state index contributed by atoms with van der Waals surface area (Å²) in [5.74, 6) is -2.16. The standard InChI is InChI=1S/C26H23F4N5O3/c1-14-11-15(5-8-17(14)25(37)33-16-6-7-16)20-13-32-24-19(31-10-9-26(28,29)30)12-22(34-35(20)24)38-23-18(27)3-2-4-21(23)36/h2-5,8,11-13,16,31,36H,6-7,9-10H2,1H3,(H,33,37). The number of benzene rings is 2. The second-order valence-electron chi connectivity index (χ2n) is 9.03. The number of nitrogens with one attached hydrogen (secondary N) is 2. The normalized spacial score (nSPS) is 13.5. The molecule has 0 bridgehead atoms. The van der Waals surface area contributed by atoms with Crippen LogP contribution in [0.5, 0.6) is 17.4 Å². The summed E-state index contributed by atoms with van der Waals surface area (Å²) in [5.41, 5.74) is 2.70. The molecule has 0 spiro atoms. The molecule has 0 atom stereocenters. The highest BCUT2D eigenvalue weighted by Crippen LogP contribution is 2.35. The fraction of sp³-hybridized carbons (Fsp3) is 0.269. The third-order valence-corrected chi connectivity index (χ3v) is 6.00. The number of phenolic OH excluding ortho intramolecular Hbond substituents is 1. The lowest BCUT2D eigenvalue weighted by molar-refractivity contribution is -0.131. The zero-order valence-electron chi connectivity index (χ0n) is 20.1. The first kappa shape index (κ1) is 25.3. The van der Waals surface area contributed by atoms with Crippen molar-refractivity contribution in [3.8, 4) is 28.6 Å². The lowest BCUT2D eigenvalue weighted by Gasteiger charge is -2.13. The lowest BCUT2D eigenvalue weighted by atomic mass is 10.0. The SMILES string of the molecule is Cc1cc(-c2cnc3c(NCCC(F)(F)F)cc(Oc4c(O)cccc4F)nn23)ccc1C(=O)NC1CC1. The van der Waals surface area contributed by atoms with Gasteiger partial charge < -0.3 is 20.5 Å². The van der Waals surface area contributed by atoms with Crippen LogP contribution < -0.4 is 15.4 Å². The second kappa shape index (κ2) is 9.84. The zero-order chi connectivity index (χ0) is 27.0. The van der Waals surface area contributed by atoms with Crippen molar-refractivity contribution in [3.05, 3.63) is 65.6 Å². The predicted octanol–water partition coefficient (Wildman–Crippen LogP) is 5.60. The van der Waals surface area contributed by atoms with Gasteiger partial charge in [-0.2, -0.15) is 13.2 Å². The van der Waals surface area contributed by atoms with Gasteiger partial charge in [0.1, 0.15) is 0 Å². The van der Waals surface area contributed by atoms with E-state index in [-0.39, 0.29) is 29.2 Å². The van der Waals surface area contributed by atoms with Crippen molar-refractivity contribution in [3.63, 3.8) is 0 Å². The molecule has 1 aliphatic rings. The third kappa shape index (κ3) is 5.48. The molecule has 2 aromatic carbocycles. The van der Waals surface area contributed by atoms with Crippen LogP contribution in [0.3, 0.4) is 0 Å². The zero-order valence-corrected chi connectivity index (χ0v) is 20.1. The number of anilines is 1. The van der Waals surface area contributed by atoms with Gasteiger partial charge in [-0.25, -0.2) is 13.9 Å². The molecule has 38 heavy (non-hydrogen) atoms. The summed E-state index contributed by atoms with van der Waals surface area (Å²) >= 11 is 0. The highest BCUT2D eigenvalue weighted by Gasteiger charge is 2.27. The molecule has 2 heterocycles. The highest BCUT2D eigenvalue weighted by atomic mass is 19.4. The Hall–Kier alpha value is -4.35. The Bertz CT molecular complexity index is 1490. The molecule has 2 aromatic heterocycles. The fourth-order valence-electron chi connectivity index (χ4n) is 3.93. The number of hydrogen-bond donors (Lipinski definition) is 3. The maximum Gasteiger partial charge on any atom is 0.390 e. The van der Waals surface area contributed by atoms with Gasteiger partial charge in [-0.3, -0.25) is 4.79 Å². The number of aromatic nitrogens is 3. The quantitative estimate of drug-likeness (QED) is 0.257. The van der Waals surface area contributed by atoms with Crippen LogP contribution in [0.15, 0.2) is 48.7 Å². The number of phenols is 1. The van der Waals surface area contributed by atoms with Gasteiger partial charge in [0, 0.05) is 29.8 Å². The molecule has 12 heteroatoms. The van der Waals surface area contributed by atoms with E-state index in [1.807, 2.05) is 0 Å². The van der Waals surface area contributed by atoms with Crippen LogP contribution in [-0.2, 0) is 0 Å². The van der Waals surface area contributed by atoms with Gasteiger partial charge in [0.25, 0.3) is 5.91 Å². The molecule has 0 aliphatic heterocycles. The smallest absolute Gasteiger partial charge is 0.390 e. The maximum atomic E-state index is 14.3. The number of amides is 1. The predicted molar refractivity (Wildman–Crippen MR) is 131 cm³/mol. The van der Waals surface area contributed by atoms with Gasteiger partial charge in [-0.05, 0) is 49.6 Å². The number of carbonyl (C=O) groups is 1. The van der Waals surface area contributed by atoms with E-state index >= 15 is 0 Å². The molecule has 1 saturated carbocycles. The Morgan fingerprint density at radius 2 is 2.00 bits per heavy atom. The monoisotopic (exact) mass is 529 g/mol. The van der Waals surface area contributed by atoms with Crippen molar-refractivity contribution in [1.29, 1.82) is 0 Å². The van der Waals surface area contributed by atoms with E-state index in [1.54, 1.807) is 25.1 Å². The number of carbonyl (C=O) groups excluding carboxylic acids is 1. The summed E-state index contributed by atoms with van der Waals surface area (Å²) in [4.78, 5) is 16.8. The molecule has 0 unspecified atom stereocenters. The Morgan fingerprint density at radius 3 is 2.68 bits per heavy atom. The Morgan fingerprint density at radius 1 is 1.21 bits per heavy atom. The number of halogens is 4. The molecular weight excluding hydrogens is 506 g/mol. The van der Waals surface area contributed by atoms with E-state index in [2.05, 4.69) is 20.7 Å². The van der Waals surface area contributed by atoms with Crippen molar-refractivity contribution in [2.45, 2.75) is 38.4 Å². The minimum atomic E-state index is -4.37. The number of alkyl halides is 3. The number of nitrogens with zero attached hydrogens (tertiary/aromatic N) is 3. The van der Waals surface area contributed by atoms with Crippen LogP contribution in [0.1, 0.15) is 35.2 Å². The molecular formula is C26H23F4N5O3. The molecule has 1 fully saturated rings. The molecule has 1 aliphatic carbocycles. The molecule has 0 saturated heterocycles. The average molecular weight is 529 g/mol. The Balaban J connectivity index is 1.53. The second-order valence-corrected chi connectivity index (χ2v) is 9.03. The minimum Gasteiger partial charge on any atom is -0.504 e. The highest BCUT2D eigenvalue weighted by molar-refractivity contribution is 5.96. The number of ether oxygens (including phenoxy) is 1. The molecule has 8 nitrogen and oxygen atoms in total. The van der Waals surface area contributed by atoms with Crippen molar-refractivity contribution >= 4 is 17.2 Å². The van der Waals surface area contributed by atoms with Crippen molar-refractivity contribution < 1.29 is 32.2 Å². The van der Waals surface area contributed by atoms with E-state index in [9.17, 15) is 27.5 Å². The van der Waals surface area contributed by atoms with Gasteiger partial charge in [0.2, 0.25) is 11.6 Å². The van der Waals surface area contributed by atoms with Crippen LogP contribution in [0, 0.1) is 12.7 Å². The van der Waals surface area contributed by atoms with Crippen LogP contribution in [0.4, 0.5) is 23.2 Å². The molecule has 0 radical (unpaired) electrons. The summed E-state index contributed by atoms with van der Waals surface area (Å²) in [7, 11) is 0. The number of rotatable bonds is 8. The number of imidazole rings is 1. The molecule has 198 valence electrons. The van der Waals surface area contributed by atoms with Gasteiger partial charge in [0.05, 0.1) is 24.0 Å². The van der Waals surface area contributed by atoms with Crippen molar-refractivity contribution in [1.82, 2.24) is 19.9 Å². The number of aromatic hydroxyl groups is 1. The summed E-state index contributed by atoms with van der Waals surface area (Å²) in [6.07, 6.45) is -2.06. The van der Waals surface area contributed by atoms with E-state index in [0.29, 0.717) is 22.4 Å². The van der Waals surface area contributed by atoms with Crippen molar-refractivity contribution in [2.24, 2.45) is 0 Å². The first-order chi connectivity index (χ1) is 18.1. The van der Waals surface area contributed by atoms with Crippen molar-refractivity contribution in [2.75, 3.05) is 11.9 Å². The largest absolute Gasteiger partial charge is 0.504 e. The number of hydrogen-bond acceptors (Lipinski definition) is 6. The summed E-state index contributed by atoms with van der Waals surface area (Å²) in [6.45, 7) is 1.35. The van der Waals surface area contributed by atoms with Gasteiger partial charge >= 0.3 is 6.18 Å². The van der Waals surface area contributed by atoms with E-state index in [4.69, 9.17) is 4.74 Å². The van der Waals surface area contributed by atoms with Crippen LogP contribution in [0.25, 0.3) is 16.9 Å². The number of fused-ring (bicyclic) bond motifs is 1.